The molecule has 2 heterocycles. The molecule has 1 saturated heterocycles. The summed E-state index contributed by atoms with van der Waals surface area (Å²) in [5, 5.41) is 10.3. The Balaban J connectivity index is 1.40. The first-order chi connectivity index (χ1) is 16.5. The lowest BCUT2D eigenvalue weighted by atomic mass is 10.0. The summed E-state index contributed by atoms with van der Waals surface area (Å²) in [6, 6.07) is 16.2. The largest absolute Gasteiger partial charge is 0.497 e. The number of rotatable bonds is 9. The van der Waals surface area contributed by atoms with E-state index in [1.165, 1.54) is 5.56 Å². The SMILES string of the molecule is COc1ccc(C(CNC(=O)CCn2c(-c3ccc(C)cc3)n[nH]c2=S)N2CCOCC2)cc1. The average Bonchev–Trinajstić information content (AvgIpc) is 3.24. The lowest BCUT2D eigenvalue weighted by molar-refractivity contribution is -0.121. The third kappa shape index (κ3) is 5.91. The molecule has 1 unspecified atom stereocenters. The second kappa shape index (κ2) is 11.4. The van der Waals surface area contributed by atoms with Crippen molar-refractivity contribution in [3.8, 4) is 17.1 Å². The van der Waals surface area contributed by atoms with Gasteiger partial charge >= 0.3 is 0 Å². The monoisotopic (exact) mass is 481 g/mol. The zero-order valence-electron chi connectivity index (χ0n) is 19.6. The van der Waals surface area contributed by atoms with Crippen molar-refractivity contribution in [2.45, 2.75) is 25.9 Å². The van der Waals surface area contributed by atoms with Crippen LogP contribution in [0.2, 0.25) is 0 Å². The van der Waals surface area contributed by atoms with Crippen LogP contribution in [0.15, 0.2) is 48.5 Å². The lowest BCUT2D eigenvalue weighted by Crippen LogP contribution is -2.43. The minimum absolute atomic E-state index is 0.0234. The molecular weight excluding hydrogens is 450 g/mol. The van der Waals surface area contributed by atoms with Gasteiger partial charge < -0.3 is 14.8 Å². The van der Waals surface area contributed by atoms with Crippen molar-refractivity contribution in [2.75, 3.05) is 40.0 Å². The van der Waals surface area contributed by atoms with Gasteiger partial charge in [-0.1, -0.05) is 42.0 Å². The number of nitrogens with zero attached hydrogens (tertiary/aromatic N) is 3. The van der Waals surface area contributed by atoms with Crippen molar-refractivity contribution in [2.24, 2.45) is 0 Å². The van der Waals surface area contributed by atoms with Gasteiger partial charge in [0.25, 0.3) is 0 Å². The number of morpholine rings is 1. The Labute approximate surface area is 204 Å². The number of nitrogens with one attached hydrogen (secondary N) is 2. The summed E-state index contributed by atoms with van der Waals surface area (Å²) in [7, 11) is 1.66. The number of H-pyrrole nitrogens is 1. The molecule has 0 spiro atoms. The van der Waals surface area contributed by atoms with E-state index in [0.29, 0.717) is 37.5 Å². The molecule has 34 heavy (non-hydrogen) atoms. The van der Waals surface area contributed by atoms with Crippen LogP contribution in [0.25, 0.3) is 11.4 Å². The molecule has 1 aliphatic rings. The summed E-state index contributed by atoms with van der Waals surface area (Å²) in [5.74, 6) is 1.53. The van der Waals surface area contributed by atoms with Gasteiger partial charge in [0.15, 0.2) is 10.6 Å². The highest BCUT2D eigenvalue weighted by Gasteiger charge is 2.23. The number of aromatic nitrogens is 3. The number of hydrogen-bond acceptors (Lipinski definition) is 6. The number of aromatic amines is 1. The number of ether oxygens (including phenoxy) is 2. The van der Waals surface area contributed by atoms with E-state index in [1.54, 1.807) is 7.11 Å². The Morgan fingerprint density at radius 3 is 2.56 bits per heavy atom. The fraction of sp³-hybridized carbons (Fsp3) is 0.400. The Bertz CT molecular complexity index is 1130. The molecular formula is C25H31N5O3S. The standard InChI is InChI=1S/C25H31N5O3S/c1-18-3-5-20(6-4-18)24-27-28-25(34)30(24)12-11-23(31)26-17-22(29-13-15-33-16-14-29)19-7-9-21(32-2)10-8-19/h3-10,22H,11-17H2,1-2H3,(H,26,31)(H,28,34). The molecule has 1 amide bonds. The van der Waals surface area contributed by atoms with Crippen LogP contribution in [-0.4, -0.2) is 65.5 Å². The summed E-state index contributed by atoms with van der Waals surface area (Å²) in [6.45, 7) is 6.07. The zero-order chi connectivity index (χ0) is 23.9. The normalized spacial score (nSPS) is 15.1. The van der Waals surface area contributed by atoms with E-state index >= 15 is 0 Å². The van der Waals surface area contributed by atoms with Crippen LogP contribution in [0.5, 0.6) is 5.75 Å². The summed E-state index contributed by atoms with van der Waals surface area (Å²) in [5.41, 5.74) is 3.28. The second-order valence-corrected chi connectivity index (χ2v) is 8.75. The zero-order valence-corrected chi connectivity index (χ0v) is 20.4. The molecule has 1 aliphatic heterocycles. The van der Waals surface area contributed by atoms with Crippen LogP contribution < -0.4 is 10.1 Å². The van der Waals surface area contributed by atoms with Crippen molar-refractivity contribution in [3.05, 3.63) is 64.4 Å². The van der Waals surface area contributed by atoms with Crippen molar-refractivity contribution >= 4 is 18.1 Å². The molecule has 180 valence electrons. The van der Waals surface area contributed by atoms with Gasteiger partial charge in [0.1, 0.15) is 5.75 Å². The third-order valence-electron chi connectivity index (χ3n) is 6.11. The molecule has 2 N–H and O–H groups in total. The van der Waals surface area contributed by atoms with E-state index < -0.39 is 0 Å². The number of methoxy groups -OCH3 is 1. The number of benzene rings is 2. The molecule has 0 saturated carbocycles. The minimum Gasteiger partial charge on any atom is -0.497 e. The van der Waals surface area contributed by atoms with E-state index in [2.05, 4.69) is 32.5 Å². The maximum atomic E-state index is 12.8. The number of aryl methyl sites for hydroxylation is 1. The maximum Gasteiger partial charge on any atom is 0.221 e. The molecule has 8 nitrogen and oxygen atoms in total. The second-order valence-electron chi connectivity index (χ2n) is 8.36. The maximum absolute atomic E-state index is 12.8. The summed E-state index contributed by atoms with van der Waals surface area (Å²) < 4.78 is 13.2. The summed E-state index contributed by atoms with van der Waals surface area (Å²) >= 11 is 5.41. The highest BCUT2D eigenvalue weighted by molar-refractivity contribution is 7.71. The molecule has 0 aliphatic carbocycles. The highest BCUT2D eigenvalue weighted by Crippen LogP contribution is 2.24. The van der Waals surface area contributed by atoms with Crippen molar-refractivity contribution < 1.29 is 14.3 Å². The highest BCUT2D eigenvalue weighted by atomic mass is 32.1. The molecule has 1 fully saturated rings. The van der Waals surface area contributed by atoms with Crippen LogP contribution >= 0.6 is 12.2 Å². The number of carbonyl (C=O) groups excluding carboxylic acids is 1. The quantitative estimate of drug-likeness (QED) is 0.455. The lowest BCUT2D eigenvalue weighted by Gasteiger charge is -2.35. The Morgan fingerprint density at radius 1 is 1.18 bits per heavy atom. The number of hydrogen-bond donors (Lipinski definition) is 2. The predicted octanol–water partition coefficient (Wildman–Crippen LogP) is 3.50. The molecule has 4 rings (SSSR count). The van der Waals surface area contributed by atoms with E-state index in [-0.39, 0.29) is 11.9 Å². The Hall–Kier alpha value is -3.01. The van der Waals surface area contributed by atoms with Crippen molar-refractivity contribution in [3.63, 3.8) is 0 Å². The van der Waals surface area contributed by atoms with E-state index in [0.717, 1.165) is 35.8 Å². The van der Waals surface area contributed by atoms with Gasteiger partial charge in [0, 0.05) is 38.2 Å². The van der Waals surface area contributed by atoms with Crippen molar-refractivity contribution in [1.82, 2.24) is 25.0 Å². The molecule has 0 bridgehead atoms. The third-order valence-corrected chi connectivity index (χ3v) is 6.42. The Morgan fingerprint density at radius 2 is 1.88 bits per heavy atom. The molecule has 0 radical (unpaired) electrons. The van der Waals surface area contributed by atoms with Crippen LogP contribution in [0, 0.1) is 11.7 Å². The summed E-state index contributed by atoms with van der Waals surface area (Å²) in [6.07, 6.45) is 0.311. The van der Waals surface area contributed by atoms with Gasteiger partial charge in [0.2, 0.25) is 5.91 Å². The van der Waals surface area contributed by atoms with Crippen LogP contribution in [-0.2, 0) is 16.1 Å². The smallest absolute Gasteiger partial charge is 0.221 e. The molecule has 3 aromatic rings. The molecule has 2 aromatic carbocycles. The van der Waals surface area contributed by atoms with Crippen LogP contribution in [0.1, 0.15) is 23.6 Å². The molecule has 9 heteroatoms. The van der Waals surface area contributed by atoms with E-state index in [1.807, 2.05) is 47.9 Å². The van der Waals surface area contributed by atoms with Crippen molar-refractivity contribution in [1.29, 1.82) is 0 Å². The predicted molar refractivity (Wildman–Crippen MR) is 133 cm³/mol. The first kappa shape index (κ1) is 24.1. The van der Waals surface area contributed by atoms with Gasteiger partial charge in [-0.05, 0) is 36.8 Å². The first-order valence-electron chi connectivity index (χ1n) is 11.5. The van der Waals surface area contributed by atoms with E-state index in [4.69, 9.17) is 21.7 Å². The topological polar surface area (TPSA) is 84.4 Å². The van der Waals surface area contributed by atoms with E-state index in [9.17, 15) is 4.79 Å². The van der Waals surface area contributed by atoms with Gasteiger partial charge in [-0.2, -0.15) is 5.10 Å². The fourth-order valence-corrected chi connectivity index (χ4v) is 4.36. The molecule has 1 aromatic heterocycles. The molecule has 1 atom stereocenters. The fourth-order valence-electron chi connectivity index (χ4n) is 4.13. The minimum atomic E-state index is -0.0234. The first-order valence-corrected chi connectivity index (χ1v) is 11.9. The Kier molecular flexibility index (Phi) is 8.10. The van der Waals surface area contributed by atoms with Crippen LogP contribution in [0.3, 0.4) is 0 Å². The van der Waals surface area contributed by atoms with Gasteiger partial charge in [0.05, 0.1) is 26.4 Å². The number of amides is 1. The van der Waals surface area contributed by atoms with Gasteiger partial charge in [-0.3, -0.25) is 19.4 Å². The van der Waals surface area contributed by atoms with Gasteiger partial charge in [-0.15, -0.1) is 0 Å². The number of carbonyl (C=O) groups is 1. The summed E-state index contributed by atoms with van der Waals surface area (Å²) in [4.78, 5) is 15.2. The average molecular weight is 482 g/mol. The van der Waals surface area contributed by atoms with Gasteiger partial charge in [-0.25, -0.2) is 0 Å². The van der Waals surface area contributed by atoms with Crippen LogP contribution in [0.4, 0.5) is 0 Å².